The fraction of sp³-hybridized carbons (Fsp3) is 0.286. The van der Waals surface area contributed by atoms with Gasteiger partial charge in [-0.1, -0.05) is 30.0 Å². The average molecular weight is 466 g/mol. The van der Waals surface area contributed by atoms with E-state index in [4.69, 9.17) is 4.74 Å². The molecule has 3 aromatic rings. The van der Waals surface area contributed by atoms with Crippen LogP contribution in [0.15, 0.2) is 53.7 Å². The van der Waals surface area contributed by atoms with E-state index in [2.05, 4.69) is 20.8 Å². The highest BCUT2D eigenvalue weighted by atomic mass is 32.2. The quantitative estimate of drug-likeness (QED) is 0.447. The summed E-state index contributed by atoms with van der Waals surface area (Å²) in [4.78, 5) is 12.3. The Morgan fingerprint density at radius 3 is 2.66 bits per heavy atom. The topological polar surface area (TPSA) is 81.1 Å². The summed E-state index contributed by atoms with van der Waals surface area (Å²) in [5.41, 5.74) is 0.177. The average Bonchev–Trinajstić information content (AvgIpc) is 3.18. The van der Waals surface area contributed by atoms with Crippen LogP contribution in [0.3, 0.4) is 0 Å². The number of methoxy groups -OCH3 is 1. The molecule has 1 amide bonds. The molecule has 0 bridgehead atoms. The van der Waals surface area contributed by atoms with E-state index < -0.39 is 11.7 Å². The molecule has 0 fully saturated rings. The lowest BCUT2D eigenvalue weighted by molar-refractivity contribution is -0.137. The number of carbonyl (C=O) groups is 1. The van der Waals surface area contributed by atoms with Gasteiger partial charge in [-0.2, -0.15) is 13.2 Å². The molecule has 1 aromatic heterocycles. The fourth-order valence-electron chi connectivity index (χ4n) is 2.93. The maximum absolute atomic E-state index is 12.9. The van der Waals surface area contributed by atoms with E-state index in [0.717, 1.165) is 12.1 Å². The van der Waals surface area contributed by atoms with Crippen molar-refractivity contribution in [3.05, 3.63) is 59.9 Å². The molecule has 0 saturated carbocycles. The molecule has 0 saturated heterocycles. The number of carbonyl (C=O) groups excluding carboxylic acids is 1. The van der Waals surface area contributed by atoms with Crippen LogP contribution in [0.1, 0.15) is 18.3 Å². The summed E-state index contributed by atoms with van der Waals surface area (Å²) in [7, 11) is 1.53. The SMILES string of the molecule is CCn1c(CNc2cccc(C(F)(F)F)c2)nnc1SCC(=O)Nc1ccccc1OC. The number of hydrogen-bond donors (Lipinski definition) is 2. The van der Waals surface area contributed by atoms with Gasteiger partial charge in [0.2, 0.25) is 5.91 Å². The predicted octanol–water partition coefficient (Wildman–Crippen LogP) is 4.67. The van der Waals surface area contributed by atoms with E-state index in [0.29, 0.717) is 34.6 Å². The molecule has 0 aliphatic heterocycles. The van der Waals surface area contributed by atoms with Crippen LogP contribution in [-0.4, -0.2) is 33.5 Å². The molecule has 1 heterocycles. The molecule has 0 spiro atoms. The summed E-state index contributed by atoms with van der Waals surface area (Å²) in [5.74, 6) is 0.994. The summed E-state index contributed by atoms with van der Waals surface area (Å²) in [6.07, 6.45) is -4.41. The van der Waals surface area contributed by atoms with Gasteiger partial charge in [0.1, 0.15) is 5.75 Å². The number of thioether (sulfide) groups is 1. The zero-order valence-corrected chi connectivity index (χ0v) is 18.3. The van der Waals surface area contributed by atoms with E-state index in [9.17, 15) is 18.0 Å². The van der Waals surface area contributed by atoms with Gasteiger partial charge in [0, 0.05) is 12.2 Å². The van der Waals surface area contributed by atoms with Crippen molar-refractivity contribution >= 4 is 29.0 Å². The van der Waals surface area contributed by atoms with Gasteiger partial charge in [-0.3, -0.25) is 4.79 Å². The smallest absolute Gasteiger partial charge is 0.416 e. The molecule has 3 rings (SSSR count). The second-order valence-corrected chi connectivity index (χ2v) is 7.55. The summed E-state index contributed by atoms with van der Waals surface area (Å²) >= 11 is 1.22. The molecule has 0 radical (unpaired) electrons. The lowest BCUT2D eigenvalue weighted by atomic mass is 10.2. The first-order valence-corrected chi connectivity index (χ1v) is 10.7. The Kier molecular flexibility index (Phi) is 7.62. The Morgan fingerprint density at radius 1 is 1.16 bits per heavy atom. The highest BCUT2D eigenvalue weighted by Gasteiger charge is 2.30. The number of alkyl halides is 3. The second kappa shape index (κ2) is 10.4. The third-order valence-corrected chi connectivity index (χ3v) is 5.43. The van der Waals surface area contributed by atoms with Crippen LogP contribution in [-0.2, 0) is 24.1 Å². The standard InChI is InChI=1S/C21H22F3N5O2S/c1-3-29-18(12-25-15-8-6-7-14(11-15)21(22,23)24)27-28-20(29)32-13-19(30)26-16-9-4-5-10-17(16)31-2/h4-11,25H,3,12-13H2,1-2H3,(H,26,30). The monoisotopic (exact) mass is 465 g/mol. The summed E-state index contributed by atoms with van der Waals surface area (Å²) < 4.78 is 45.7. The van der Waals surface area contributed by atoms with Crippen molar-refractivity contribution in [2.45, 2.75) is 31.3 Å². The molecule has 2 N–H and O–H groups in total. The van der Waals surface area contributed by atoms with Crippen LogP contribution in [0, 0.1) is 0 Å². The molecule has 170 valence electrons. The van der Waals surface area contributed by atoms with Crippen molar-refractivity contribution in [1.82, 2.24) is 14.8 Å². The van der Waals surface area contributed by atoms with E-state index in [-0.39, 0.29) is 18.2 Å². The van der Waals surface area contributed by atoms with Gasteiger partial charge >= 0.3 is 6.18 Å². The van der Waals surface area contributed by atoms with Gasteiger partial charge in [0.25, 0.3) is 0 Å². The van der Waals surface area contributed by atoms with Crippen molar-refractivity contribution in [3.8, 4) is 5.75 Å². The molecule has 0 atom stereocenters. The van der Waals surface area contributed by atoms with Gasteiger partial charge < -0.3 is 19.9 Å². The zero-order chi connectivity index (χ0) is 23.1. The van der Waals surface area contributed by atoms with Gasteiger partial charge in [-0.05, 0) is 37.3 Å². The molecule has 7 nitrogen and oxygen atoms in total. The van der Waals surface area contributed by atoms with Crippen molar-refractivity contribution in [2.24, 2.45) is 0 Å². The number of ether oxygens (including phenoxy) is 1. The fourth-order valence-corrected chi connectivity index (χ4v) is 3.75. The van der Waals surface area contributed by atoms with Crippen LogP contribution >= 0.6 is 11.8 Å². The lowest BCUT2D eigenvalue weighted by Crippen LogP contribution is -2.15. The third kappa shape index (κ3) is 5.94. The second-order valence-electron chi connectivity index (χ2n) is 6.61. The molecule has 11 heteroatoms. The van der Waals surface area contributed by atoms with Gasteiger partial charge in [0.15, 0.2) is 11.0 Å². The minimum atomic E-state index is -4.41. The van der Waals surface area contributed by atoms with Crippen molar-refractivity contribution < 1.29 is 22.7 Å². The van der Waals surface area contributed by atoms with Gasteiger partial charge in [-0.15, -0.1) is 10.2 Å². The Balaban J connectivity index is 1.60. The largest absolute Gasteiger partial charge is 0.495 e. The predicted molar refractivity (Wildman–Crippen MR) is 117 cm³/mol. The molecule has 0 unspecified atom stereocenters. The highest BCUT2D eigenvalue weighted by Crippen LogP contribution is 2.31. The van der Waals surface area contributed by atoms with E-state index in [1.165, 1.54) is 24.9 Å². The summed E-state index contributed by atoms with van der Waals surface area (Å²) in [5, 5.41) is 14.5. The Hall–Kier alpha value is -3.21. The molecule has 2 aromatic carbocycles. The van der Waals surface area contributed by atoms with E-state index in [1.807, 2.05) is 17.6 Å². The highest BCUT2D eigenvalue weighted by molar-refractivity contribution is 7.99. The van der Waals surface area contributed by atoms with Crippen LogP contribution in [0.4, 0.5) is 24.5 Å². The number of para-hydroxylation sites is 2. The minimum Gasteiger partial charge on any atom is -0.495 e. The lowest BCUT2D eigenvalue weighted by Gasteiger charge is -2.12. The molecule has 0 aliphatic carbocycles. The number of rotatable bonds is 9. The molecular formula is C21H22F3N5O2S. The maximum Gasteiger partial charge on any atom is 0.416 e. The number of nitrogens with zero attached hydrogens (tertiary/aromatic N) is 3. The first kappa shape index (κ1) is 23.5. The van der Waals surface area contributed by atoms with Crippen molar-refractivity contribution in [2.75, 3.05) is 23.5 Å². The Morgan fingerprint density at radius 2 is 1.94 bits per heavy atom. The zero-order valence-electron chi connectivity index (χ0n) is 17.4. The number of anilines is 2. The normalized spacial score (nSPS) is 11.3. The molecular weight excluding hydrogens is 443 g/mol. The number of hydrogen-bond acceptors (Lipinski definition) is 6. The first-order chi connectivity index (χ1) is 15.3. The molecule has 0 aliphatic rings. The number of benzene rings is 2. The number of aromatic nitrogens is 3. The third-order valence-electron chi connectivity index (χ3n) is 4.46. The maximum atomic E-state index is 12.9. The molecule has 32 heavy (non-hydrogen) atoms. The number of nitrogens with one attached hydrogen (secondary N) is 2. The Bertz CT molecular complexity index is 1070. The Labute approximate surface area is 187 Å². The van der Waals surface area contributed by atoms with Gasteiger partial charge in [0.05, 0.1) is 30.7 Å². The van der Waals surface area contributed by atoms with E-state index in [1.54, 1.807) is 24.3 Å². The summed E-state index contributed by atoms with van der Waals surface area (Å²) in [6, 6.07) is 12.1. The van der Waals surface area contributed by atoms with Crippen LogP contribution in [0.25, 0.3) is 0 Å². The van der Waals surface area contributed by atoms with Crippen molar-refractivity contribution in [3.63, 3.8) is 0 Å². The first-order valence-electron chi connectivity index (χ1n) is 9.70. The minimum absolute atomic E-state index is 0.108. The van der Waals surface area contributed by atoms with Crippen molar-refractivity contribution in [1.29, 1.82) is 0 Å². The summed E-state index contributed by atoms with van der Waals surface area (Å²) in [6.45, 7) is 2.63. The number of halogens is 3. The van der Waals surface area contributed by atoms with E-state index >= 15 is 0 Å². The van der Waals surface area contributed by atoms with Crippen LogP contribution in [0.5, 0.6) is 5.75 Å². The van der Waals surface area contributed by atoms with Crippen LogP contribution in [0.2, 0.25) is 0 Å². The van der Waals surface area contributed by atoms with Gasteiger partial charge in [-0.25, -0.2) is 0 Å². The van der Waals surface area contributed by atoms with Crippen LogP contribution < -0.4 is 15.4 Å². The number of amides is 1.